The second-order valence-corrected chi connectivity index (χ2v) is 8.20. The number of hydrogen-bond donors (Lipinski definition) is 0. The maximum absolute atomic E-state index is 13.4. The van der Waals surface area contributed by atoms with E-state index in [0.717, 1.165) is 18.3 Å². The third-order valence-electron chi connectivity index (χ3n) is 3.28. The Morgan fingerprint density at radius 3 is 2.72 bits per heavy atom. The van der Waals surface area contributed by atoms with Gasteiger partial charge in [-0.3, -0.25) is 9.59 Å². The van der Waals surface area contributed by atoms with Crippen molar-refractivity contribution in [1.82, 2.24) is 4.57 Å². The minimum atomic E-state index is -4.16. The first-order valence-electron chi connectivity index (χ1n) is 7.42. The van der Waals surface area contributed by atoms with Crippen molar-refractivity contribution in [1.29, 1.82) is 0 Å². The number of carbonyl (C=O) groups is 2. The maximum Gasteiger partial charge on any atom is 0.264 e. The van der Waals surface area contributed by atoms with Crippen LogP contribution in [0.2, 0.25) is 0 Å². The molecule has 0 spiro atoms. The Balaban J connectivity index is 2.46. The number of benzene rings is 1. The Labute approximate surface area is 147 Å². The number of halogens is 1. The summed E-state index contributed by atoms with van der Waals surface area (Å²) in [5.74, 6) is -2.37. The van der Waals surface area contributed by atoms with E-state index < -0.39 is 32.4 Å². The lowest BCUT2D eigenvalue weighted by Crippen LogP contribution is -2.24. The number of ether oxygens (including phenoxy) is 1. The summed E-state index contributed by atoms with van der Waals surface area (Å²) in [5.41, 5.74) is 0.659. The maximum atomic E-state index is 13.4. The van der Waals surface area contributed by atoms with Crippen LogP contribution in [0.3, 0.4) is 0 Å². The van der Waals surface area contributed by atoms with Gasteiger partial charge in [-0.2, -0.15) is 4.99 Å². The predicted octanol–water partition coefficient (Wildman–Crippen LogP) is 1.27. The third kappa shape index (κ3) is 4.80. The highest BCUT2D eigenvalue weighted by molar-refractivity contribution is 8.06. The lowest BCUT2D eigenvalue weighted by molar-refractivity contribution is -0.116. The second-order valence-electron chi connectivity index (χ2n) is 5.10. The van der Waals surface area contributed by atoms with Crippen LogP contribution in [-0.2, 0) is 30.7 Å². The minimum Gasteiger partial charge on any atom is -0.380 e. The molecule has 0 bridgehead atoms. The fourth-order valence-electron chi connectivity index (χ4n) is 2.05. The molecule has 0 unspecified atom stereocenters. The summed E-state index contributed by atoms with van der Waals surface area (Å²) in [7, 11) is -4.16. The van der Waals surface area contributed by atoms with Crippen molar-refractivity contribution < 1.29 is 27.1 Å². The highest BCUT2D eigenvalue weighted by atomic mass is 32.2. The van der Waals surface area contributed by atoms with Crippen LogP contribution in [-0.4, -0.2) is 43.0 Å². The molecule has 0 radical (unpaired) electrons. The van der Waals surface area contributed by atoms with Crippen LogP contribution in [0.15, 0.2) is 23.2 Å². The largest absolute Gasteiger partial charge is 0.380 e. The molecular weight excluding hydrogens is 371 g/mol. The van der Waals surface area contributed by atoms with Crippen LogP contribution in [0.4, 0.5) is 4.39 Å². The van der Waals surface area contributed by atoms with Crippen molar-refractivity contribution in [3.8, 4) is 0 Å². The number of carbonyl (C=O) groups excluding carboxylic acids is 2. The van der Waals surface area contributed by atoms with Crippen molar-refractivity contribution in [2.24, 2.45) is 4.99 Å². The van der Waals surface area contributed by atoms with Crippen molar-refractivity contribution in [2.45, 2.75) is 20.4 Å². The van der Waals surface area contributed by atoms with Crippen molar-refractivity contribution in [2.75, 3.05) is 19.0 Å². The predicted molar refractivity (Wildman–Crippen MR) is 91.3 cm³/mol. The van der Waals surface area contributed by atoms with Gasteiger partial charge in [0, 0.05) is 20.1 Å². The molecule has 0 fully saturated rings. The highest BCUT2D eigenvalue weighted by Gasteiger charge is 2.21. The Hall–Kier alpha value is -1.91. The topological polar surface area (TPSA) is 94.8 Å². The molecule has 0 aliphatic heterocycles. The minimum absolute atomic E-state index is 0.226. The summed E-state index contributed by atoms with van der Waals surface area (Å²) in [5, 5.41) is -1.08. The number of aromatic nitrogens is 1. The van der Waals surface area contributed by atoms with Crippen LogP contribution < -0.4 is 4.80 Å². The molecule has 0 N–H and O–H groups in total. The Morgan fingerprint density at radius 1 is 1.36 bits per heavy atom. The second kappa shape index (κ2) is 7.98. The third-order valence-corrected chi connectivity index (χ3v) is 5.82. The molecule has 0 atom stereocenters. The van der Waals surface area contributed by atoms with Gasteiger partial charge in [0.25, 0.3) is 5.91 Å². The summed E-state index contributed by atoms with van der Waals surface area (Å²) < 4.78 is 44.0. The fourth-order valence-corrected chi connectivity index (χ4v) is 3.74. The van der Waals surface area contributed by atoms with Gasteiger partial charge in [-0.1, -0.05) is 11.3 Å². The Bertz CT molecular complexity index is 975. The molecule has 0 saturated carbocycles. The molecule has 7 nitrogen and oxygen atoms in total. The molecule has 2 aromatic rings. The van der Waals surface area contributed by atoms with Crippen LogP contribution in [0.1, 0.15) is 13.8 Å². The number of fused-ring (bicyclic) bond motifs is 1. The number of amides is 1. The summed E-state index contributed by atoms with van der Waals surface area (Å²) in [6.45, 7) is 3.96. The average molecular weight is 388 g/mol. The summed E-state index contributed by atoms with van der Waals surface area (Å²) >= 11 is 1.06. The van der Waals surface area contributed by atoms with Gasteiger partial charge in [0.15, 0.2) is 4.80 Å². The van der Waals surface area contributed by atoms with Gasteiger partial charge in [0.1, 0.15) is 11.6 Å². The average Bonchev–Trinajstić information content (AvgIpc) is 2.83. The Kier molecular flexibility index (Phi) is 6.20. The van der Waals surface area contributed by atoms with E-state index in [1.165, 1.54) is 12.1 Å². The summed E-state index contributed by atoms with van der Waals surface area (Å²) in [6, 6.07) is 4.16. The van der Waals surface area contributed by atoms with Gasteiger partial charge in [0.2, 0.25) is 15.0 Å². The van der Waals surface area contributed by atoms with E-state index in [-0.39, 0.29) is 4.80 Å². The number of rotatable bonds is 6. The molecule has 0 aliphatic carbocycles. The quantitative estimate of drug-likeness (QED) is 0.695. The Morgan fingerprint density at radius 2 is 2.08 bits per heavy atom. The molecule has 1 heterocycles. The smallest absolute Gasteiger partial charge is 0.264 e. The van der Waals surface area contributed by atoms with E-state index in [1.807, 2.05) is 6.92 Å². The van der Waals surface area contributed by atoms with Gasteiger partial charge in [-0.15, -0.1) is 0 Å². The normalized spacial score (nSPS) is 12.7. The zero-order chi connectivity index (χ0) is 18.6. The first-order valence-corrected chi connectivity index (χ1v) is 9.89. The van der Waals surface area contributed by atoms with Crippen molar-refractivity contribution in [3.63, 3.8) is 0 Å². The van der Waals surface area contributed by atoms with Gasteiger partial charge >= 0.3 is 0 Å². The van der Waals surface area contributed by atoms with Crippen molar-refractivity contribution >= 4 is 42.4 Å². The van der Waals surface area contributed by atoms with Crippen LogP contribution >= 0.6 is 11.3 Å². The van der Waals surface area contributed by atoms with Gasteiger partial charge in [-0.25, -0.2) is 12.8 Å². The molecule has 136 valence electrons. The molecule has 10 heteroatoms. The highest BCUT2D eigenvalue weighted by Crippen LogP contribution is 2.18. The zero-order valence-electron chi connectivity index (χ0n) is 13.7. The number of hydrogen-bond acceptors (Lipinski definition) is 6. The van der Waals surface area contributed by atoms with Crippen LogP contribution in [0, 0.1) is 5.82 Å². The lowest BCUT2D eigenvalue weighted by Gasteiger charge is -2.05. The first kappa shape index (κ1) is 19.4. The van der Waals surface area contributed by atoms with E-state index in [9.17, 15) is 22.4 Å². The number of thiazole rings is 1. The summed E-state index contributed by atoms with van der Waals surface area (Å²) in [4.78, 5) is 27.0. The molecule has 25 heavy (non-hydrogen) atoms. The molecule has 1 amide bonds. The van der Waals surface area contributed by atoms with E-state index in [0.29, 0.717) is 30.0 Å². The number of nitrogens with zero attached hydrogens (tertiary/aromatic N) is 2. The van der Waals surface area contributed by atoms with Gasteiger partial charge < -0.3 is 9.30 Å². The van der Waals surface area contributed by atoms with Gasteiger partial charge in [-0.05, 0) is 25.1 Å². The molecular formula is C15H17FN2O5S2. The van der Waals surface area contributed by atoms with E-state index in [4.69, 9.17) is 4.74 Å². The van der Waals surface area contributed by atoms with E-state index in [2.05, 4.69) is 4.99 Å². The SMILES string of the molecule is CCOCCn1c(=NC(=O)CS(=O)(=O)C(C)=O)sc2cc(F)ccc21. The fraction of sp³-hybridized carbons (Fsp3) is 0.400. The van der Waals surface area contributed by atoms with Crippen LogP contribution in [0.25, 0.3) is 10.2 Å². The standard InChI is InChI=1S/C15H17FN2O5S2/c1-3-23-7-6-18-12-5-4-11(16)8-13(12)24-15(18)17-14(20)9-25(21,22)10(2)19/h4-5,8H,3,6-7,9H2,1-2H3. The van der Waals surface area contributed by atoms with Gasteiger partial charge in [0.05, 0.1) is 16.8 Å². The van der Waals surface area contributed by atoms with E-state index >= 15 is 0 Å². The molecule has 0 aliphatic rings. The lowest BCUT2D eigenvalue weighted by atomic mass is 10.3. The number of sulfone groups is 1. The molecule has 0 saturated heterocycles. The molecule has 2 rings (SSSR count). The summed E-state index contributed by atoms with van der Waals surface area (Å²) in [6.07, 6.45) is 0. The monoisotopic (exact) mass is 388 g/mol. The van der Waals surface area contributed by atoms with Crippen molar-refractivity contribution in [3.05, 3.63) is 28.8 Å². The first-order chi connectivity index (χ1) is 11.7. The van der Waals surface area contributed by atoms with E-state index in [1.54, 1.807) is 10.6 Å². The zero-order valence-corrected chi connectivity index (χ0v) is 15.3. The van der Waals surface area contributed by atoms with Crippen LogP contribution in [0.5, 0.6) is 0 Å². The molecule has 1 aromatic carbocycles. The molecule has 1 aromatic heterocycles.